The van der Waals surface area contributed by atoms with Crippen LogP contribution in [0.4, 0.5) is 0 Å². The summed E-state index contributed by atoms with van der Waals surface area (Å²) in [5.41, 5.74) is 5.51. The molecule has 0 aliphatic carbocycles. The number of hydrogen-bond donors (Lipinski definition) is 2. The molecule has 1 saturated heterocycles. The third kappa shape index (κ3) is 4.58. The number of rotatable bonds is 6. The second kappa shape index (κ2) is 7.76. The van der Waals surface area contributed by atoms with Gasteiger partial charge in [0.25, 0.3) is 0 Å². The SMILES string of the molecule is CC(CN)C(=O)NCC1CCCN(Cc2cccs2)C1. The molecule has 1 aromatic heterocycles. The summed E-state index contributed by atoms with van der Waals surface area (Å²) in [5, 5.41) is 5.17. The average molecular weight is 295 g/mol. The van der Waals surface area contributed by atoms with Crippen molar-refractivity contribution in [3.63, 3.8) is 0 Å². The minimum atomic E-state index is -0.0826. The van der Waals surface area contributed by atoms with Crippen LogP contribution in [0.1, 0.15) is 24.6 Å². The summed E-state index contributed by atoms with van der Waals surface area (Å²) in [5.74, 6) is 0.571. The first-order valence-electron chi connectivity index (χ1n) is 7.41. The van der Waals surface area contributed by atoms with Crippen LogP contribution in [0.5, 0.6) is 0 Å². The van der Waals surface area contributed by atoms with Crippen LogP contribution in [-0.2, 0) is 11.3 Å². The lowest BCUT2D eigenvalue weighted by molar-refractivity contribution is -0.124. The highest BCUT2D eigenvalue weighted by Gasteiger charge is 2.21. The number of carbonyl (C=O) groups excluding carboxylic acids is 1. The first kappa shape index (κ1) is 15.5. The Bertz CT molecular complexity index is 407. The van der Waals surface area contributed by atoms with Crippen LogP contribution < -0.4 is 11.1 Å². The molecule has 1 amide bonds. The van der Waals surface area contributed by atoms with Crippen molar-refractivity contribution in [2.24, 2.45) is 17.6 Å². The molecule has 4 nitrogen and oxygen atoms in total. The average Bonchev–Trinajstić information content (AvgIpc) is 2.97. The molecule has 1 aromatic rings. The minimum Gasteiger partial charge on any atom is -0.356 e. The zero-order valence-corrected chi connectivity index (χ0v) is 13.0. The van der Waals surface area contributed by atoms with E-state index in [4.69, 9.17) is 5.73 Å². The fourth-order valence-corrected chi connectivity index (χ4v) is 3.36. The molecule has 0 spiro atoms. The Balaban J connectivity index is 1.74. The zero-order valence-electron chi connectivity index (χ0n) is 12.2. The van der Waals surface area contributed by atoms with Gasteiger partial charge in [0, 0.05) is 37.0 Å². The quantitative estimate of drug-likeness (QED) is 0.839. The fourth-order valence-electron chi connectivity index (χ4n) is 2.61. The molecule has 3 N–H and O–H groups in total. The summed E-state index contributed by atoms with van der Waals surface area (Å²) in [6, 6.07) is 4.30. The number of likely N-dealkylation sites (tertiary alicyclic amines) is 1. The predicted octanol–water partition coefficient (Wildman–Crippen LogP) is 1.67. The third-order valence-electron chi connectivity index (χ3n) is 3.93. The molecule has 0 radical (unpaired) electrons. The Morgan fingerprint density at radius 3 is 3.20 bits per heavy atom. The van der Waals surface area contributed by atoms with E-state index in [2.05, 4.69) is 27.7 Å². The van der Waals surface area contributed by atoms with Crippen LogP contribution >= 0.6 is 11.3 Å². The van der Waals surface area contributed by atoms with E-state index >= 15 is 0 Å². The molecule has 2 unspecified atom stereocenters. The van der Waals surface area contributed by atoms with Crippen molar-refractivity contribution in [3.05, 3.63) is 22.4 Å². The zero-order chi connectivity index (χ0) is 14.4. The van der Waals surface area contributed by atoms with Gasteiger partial charge >= 0.3 is 0 Å². The summed E-state index contributed by atoms with van der Waals surface area (Å²) in [6.45, 7) is 6.36. The van der Waals surface area contributed by atoms with Gasteiger partial charge in [0.2, 0.25) is 5.91 Å². The molecule has 1 fully saturated rings. The Kier molecular flexibility index (Phi) is 6.01. The second-order valence-corrected chi connectivity index (χ2v) is 6.74. The minimum absolute atomic E-state index is 0.0826. The van der Waals surface area contributed by atoms with Gasteiger partial charge in [0.05, 0.1) is 0 Å². The van der Waals surface area contributed by atoms with Crippen LogP contribution in [0.2, 0.25) is 0 Å². The van der Waals surface area contributed by atoms with Gasteiger partial charge in [-0.1, -0.05) is 13.0 Å². The molecule has 2 heterocycles. The molecule has 2 rings (SSSR count). The van der Waals surface area contributed by atoms with E-state index in [1.807, 2.05) is 18.3 Å². The summed E-state index contributed by atoms with van der Waals surface area (Å²) >= 11 is 1.82. The Labute approximate surface area is 125 Å². The highest BCUT2D eigenvalue weighted by atomic mass is 32.1. The summed E-state index contributed by atoms with van der Waals surface area (Å²) in [4.78, 5) is 15.7. The van der Waals surface area contributed by atoms with E-state index in [1.165, 1.54) is 24.3 Å². The van der Waals surface area contributed by atoms with Crippen molar-refractivity contribution >= 4 is 17.2 Å². The second-order valence-electron chi connectivity index (χ2n) is 5.70. The first-order chi connectivity index (χ1) is 9.69. The van der Waals surface area contributed by atoms with Crippen LogP contribution in [0.15, 0.2) is 17.5 Å². The molecule has 1 aliphatic rings. The molecular formula is C15H25N3OS. The lowest BCUT2D eigenvalue weighted by Gasteiger charge is -2.32. The van der Waals surface area contributed by atoms with E-state index in [0.29, 0.717) is 12.5 Å². The fraction of sp³-hybridized carbons (Fsp3) is 0.667. The van der Waals surface area contributed by atoms with Crippen molar-refractivity contribution in [1.82, 2.24) is 10.2 Å². The van der Waals surface area contributed by atoms with Crippen LogP contribution in [0.25, 0.3) is 0 Å². The van der Waals surface area contributed by atoms with Crippen molar-refractivity contribution in [1.29, 1.82) is 0 Å². The van der Waals surface area contributed by atoms with Gasteiger partial charge in [0.1, 0.15) is 0 Å². The number of nitrogens with two attached hydrogens (primary N) is 1. The third-order valence-corrected chi connectivity index (χ3v) is 4.79. The molecular weight excluding hydrogens is 270 g/mol. The monoisotopic (exact) mass is 295 g/mol. The largest absolute Gasteiger partial charge is 0.356 e. The van der Waals surface area contributed by atoms with Gasteiger partial charge in [-0.05, 0) is 36.8 Å². The van der Waals surface area contributed by atoms with Crippen LogP contribution in [0, 0.1) is 11.8 Å². The molecule has 0 aromatic carbocycles. The summed E-state index contributed by atoms with van der Waals surface area (Å²) in [7, 11) is 0. The molecule has 5 heteroatoms. The maximum atomic E-state index is 11.8. The normalized spacial score (nSPS) is 21.6. The van der Waals surface area contributed by atoms with Crippen molar-refractivity contribution in [3.8, 4) is 0 Å². The number of piperidine rings is 1. The van der Waals surface area contributed by atoms with Crippen LogP contribution in [0.3, 0.4) is 0 Å². The predicted molar refractivity (Wildman–Crippen MR) is 83.5 cm³/mol. The number of hydrogen-bond acceptors (Lipinski definition) is 4. The molecule has 2 atom stereocenters. The van der Waals surface area contributed by atoms with E-state index in [9.17, 15) is 4.79 Å². The Hall–Kier alpha value is -0.910. The van der Waals surface area contributed by atoms with Crippen LogP contribution in [-0.4, -0.2) is 37.0 Å². The number of carbonyl (C=O) groups is 1. The van der Waals surface area contributed by atoms with Gasteiger partial charge < -0.3 is 11.1 Å². The summed E-state index contributed by atoms with van der Waals surface area (Å²) in [6.07, 6.45) is 2.43. The number of nitrogens with one attached hydrogen (secondary N) is 1. The smallest absolute Gasteiger partial charge is 0.224 e. The molecule has 20 heavy (non-hydrogen) atoms. The first-order valence-corrected chi connectivity index (χ1v) is 8.29. The maximum absolute atomic E-state index is 11.8. The lowest BCUT2D eigenvalue weighted by Crippen LogP contribution is -2.42. The number of nitrogens with zero attached hydrogens (tertiary/aromatic N) is 1. The van der Waals surface area contributed by atoms with Gasteiger partial charge in [0.15, 0.2) is 0 Å². The Morgan fingerprint density at radius 2 is 2.50 bits per heavy atom. The maximum Gasteiger partial charge on any atom is 0.224 e. The molecule has 0 saturated carbocycles. The highest BCUT2D eigenvalue weighted by Crippen LogP contribution is 2.20. The van der Waals surface area contributed by atoms with E-state index in [1.54, 1.807) is 0 Å². The molecule has 1 aliphatic heterocycles. The van der Waals surface area contributed by atoms with E-state index in [-0.39, 0.29) is 11.8 Å². The van der Waals surface area contributed by atoms with Gasteiger partial charge in [-0.15, -0.1) is 11.3 Å². The van der Waals surface area contributed by atoms with E-state index < -0.39 is 0 Å². The number of amides is 1. The summed E-state index contributed by atoms with van der Waals surface area (Å²) < 4.78 is 0. The highest BCUT2D eigenvalue weighted by molar-refractivity contribution is 7.09. The van der Waals surface area contributed by atoms with Crippen molar-refractivity contribution < 1.29 is 4.79 Å². The topological polar surface area (TPSA) is 58.4 Å². The van der Waals surface area contributed by atoms with Crippen molar-refractivity contribution in [2.45, 2.75) is 26.3 Å². The Morgan fingerprint density at radius 1 is 1.65 bits per heavy atom. The van der Waals surface area contributed by atoms with Gasteiger partial charge in [-0.25, -0.2) is 0 Å². The molecule has 0 bridgehead atoms. The van der Waals surface area contributed by atoms with E-state index in [0.717, 1.165) is 19.6 Å². The number of thiophene rings is 1. The van der Waals surface area contributed by atoms with Crippen molar-refractivity contribution in [2.75, 3.05) is 26.2 Å². The standard InChI is InChI=1S/C15H25N3OS/c1-12(8-16)15(19)17-9-13-4-2-6-18(10-13)11-14-5-3-7-20-14/h3,5,7,12-13H,2,4,6,8-11,16H2,1H3,(H,17,19). The van der Waals surface area contributed by atoms with Gasteiger partial charge in [-0.2, -0.15) is 0 Å². The lowest BCUT2D eigenvalue weighted by atomic mass is 9.97. The molecule has 112 valence electrons. The van der Waals surface area contributed by atoms with Gasteiger partial charge in [-0.3, -0.25) is 9.69 Å².